The molecule has 0 aliphatic carbocycles. The fourth-order valence-electron chi connectivity index (χ4n) is 4.79. The molecule has 0 unspecified atom stereocenters. The quantitative estimate of drug-likeness (QED) is 0.256. The summed E-state index contributed by atoms with van der Waals surface area (Å²) in [7, 11) is 0. The van der Waals surface area contributed by atoms with Gasteiger partial charge in [-0.1, -0.05) is 97.1 Å². The number of aromatic nitrogens is 3. The van der Waals surface area contributed by atoms with Gasteiger partial charge in [-0.25, -0.2) is 9.97 Å². The second-order valence-electron chi connectivity index (χ2n) is 8.93. The number of pyridine rings is 1. The average molecular weight is 476 g/mol. The molecule has 7 aromatic rings. The molecular weight excluding hydrogens is 454 g/mol. The predicted octanol–water partition coefficient (Wildman–Crippen LogP) is 8.44. The maximum atomic E-state index is 6.22. The molecule has 0 N–H and O–H groups in total. The minimum atomic E-state index is 0.617. The number of furan rings is 1. The van der Waals surface area contributed by atoms with Crippen LogP contribution < -0.4 is 0 Å². The third kappa shape index (κ3) is 3.85. The Hall–Kier alpha value is -5.09. The average Bonchev–Trinajstić information content (AvgIpc) is 3.36. The van der Waals surface area contributed by atoms with Crippen molar-refractivity contribution >= 4 is 21.9 Å². The van der Waals surface area contributed by atoms with Gasteiger partial charge in [0.1, 0.15) is 5.58 Å². The maximum absolute atomic E-state index is 6.22. The van der Waals surface area contributed by atoms with E-state index in [1.807, 2.05) is 60.8 Å². The Morgan fingerprint density at radius 3 is 1.70 bits per heavy atom. The summed E-state index contributed by atoms with van der Waals surface area (Å²) in [6, 6.07) is 39.1. The lowest BCUT2D eigenvalue weighted by Crippen LogP contribution is -1.96. The van der Waals surface area contributed by atoms with Crippen molar-refractivity contribution in [2.75, 3.05) is 0 Å². The van der Waals surface area contributed by atoms with E-state index in [0.717, 1.165) is 55.6 Å². The molecule has 4 nitrogen and oxygen atoms in total. The van der Waals surface area contributed by atoms with Crippen molar-refractivity contribution in [3.63, 3.8) is 0 Å². The second-order valence-corrected chi connectivity index (χ2v) is 8.93. The number of benzene rings is 4. The van der Waals surface area contributed by atoms with Gasteiger partial charge >= 0.3 is 0 Å². The Morgan fingerprint density at radius 2 is 1.08 bits per heavy atom. The normalized spacial score (nSPS) is 11.2. The van der Waals surface area contributed by atoms with Crippen LogP contribution in [-0.2, 0) is 0 Å². The molecule has 3 heterocycles. The van der Waals surface area contributed by atoms with Crippen LogP contribution in [0.15, 0.2) is 132 Å². The fourth-order valence-corrected chi connectivity index (χ4v) is 4.79. The van der Waals surface area contributed by atoms with Crippen LogP contribution >= 0.6 is 0 Å². The number of nitrogens with zero attached hydrogens (tertiary/aromatic N) is 3. The minimum absolute atomic E-state index is 0.617. The van der Waals surface area contributed by atoms with Crippen molar-refractivity contribution in [2.24, 2.45) is 0 Å². The summed E-state index contributed by atoms with van der Waals surface area (Å²) in [6.45, 7) is 0. The zero-order valence-electron chi connectivity index (χ0n) is 19.9. The van der Waals surface area contributed by atoms with E-state index in [1.165, 1.54) is 0 Å². The molecule has 4 aromatic carbocycles. The third-order valence-electron chi connectivity index (χ3n) is 6.59. The second kappa shape index (κ2) is 8.85. The van der Waals surface area contributed by atoms with Crippen LogP contribution in [0.2, 0.25) is 0 Å². The first-order valence-corrected chi connectivity index (χ1v) is 12.2. The van der Waals surface area contributed by atoms with Crippen LogP contribution in [0.25, 0.3) is 67.0 Å². The highest BCUT2D eigenvalue weighted by Crippen LogP contribution is 2.38. The van der Waals surface area contributed by atoms with Crippen molar-refractivity contribution in [3.05, 3.63) is 128 Å². The molecule has 0 aliphatic heterocycles. The molecule has 7 rings (SSSR count). The van der Waals surface area contributed by atoms with Gasteiger partial charge in [0.05, 0.1) is 17.6 Å². The van der Waals surface area contributed by atoms with Crippen molar-refractivity contribution < 1.29 is 4.42 Å². The molecule has 0 radical (unpaired) electrons. The summed E-state index contributed by atoms with van der Waals surface area (Å²) in [5, 5.41) is 1.98. The van der Waals surface area contributed by atoms with Gasteiger partial charge in [-0.3, -0.25) is 4.98 Å². The van der Waals surface area contributed by atoms with Gasteiger partial charge in [-0.15, -0.1) is 0 Å². The van der Waals surface area contributed by atoms with Gasteiger partial charge in [-0.2, -0.15) is 0 Å². The third-order valence-corrected chi connectivity index (χ3v) is 6.59. The molecular formula is C33H21N3O. The maximum Gasteiger partial charge on any atom is 0.162 e. The number of rotatable bonds is 4. The van der Waals surface area contributed by atoms with Crippen molar-refractivity contribution in [2.45, 2.75) is 0 Å². The summed E-state index contributed by atoms with van der Waals surface area (Å²) >= 11 is 0. The zero-order chi connectivity index (χ0) is 24.6. The molecule has 4 heteroatoms. The molecule has 0 atom stereocenters. The molecule has 0 saturated carbocycles. The van der Waals surface area contributed by atoms with Crippen LogP contribution in [-0.4, -0.2) is 15.0 Å². The molecule has 37 heavy (non-hydrogen) atoms. The summed E-state index contributed by atoms with van der Waals surface area (Å²) in [6.07, 6.45) is 3.60. The van der Waals surface area contributed by atoms with Gasteiger partial charge in [0.2, 0.25) is 0 Å². The number of hydrogen-bond donors (Lipinski definition) is 0. The van der Waals surface area contributed by atoms with Gasteiger partial charge in [0, 0.05) is 33.7 Å². The largest absolute Gasteiger partial charge is 0.454 e. The molecule has 0 spiro atoms. The predicted molar refractivity (Wildman–Crippen MR) is 149 cm³/mol. The Balaban J connectivity index is 1.49. The summed E-state index contributed by atoms with van der Waals surface area (Å²) in [4.78, 5) is 14.5. The lowest BCUT2D eigenvalue weighted by Gasteiger charge is -2.10. The highest BCUT2D eigenvalue weighted by atomic mass is 16.3. The van der Waals surface area contributed by atoms with E-state index in [1.54, 1.807) is 6.20 Å². The van der Waals surface area contributed by atoms with E-state index in [0.29, 0.717) is 11.4 Å². The highest BCUT2D eigenvalue weighted by Gasteiger charge is 2.18. The first kappa shape index (κ1) is 21.2. The van der Waals surface area contributed by atoms with Crippen LogP contribution in [0, 0.1) is 0 Å². The molecule has 0 aliphatic rings. The van der Waals surface area contributed by atoms with E-state index in [2.05, 4.69) is 65.6 Å². The molecule has 0 fully saturated rings. The highest BCUT2D eigenvalue weighted by molar-refractivity contribution is 6.12. The van der Waals surface area contributed by atoms with Gasteiger partial charge in [0.15, 0.2) is 11.4 Å². The number of hydrogen-bond acceptors (Lipinski definition) is 4. The molecule has 0 amide bonds. The fraction of sp³-hybridized carbons (Fsp3) is 0. The zero-order valence-corrected chi connectivity index (χ0v) is 19.9. The Labute approximate surface area is 213 Å². The standard InChI is InChI=1S/C33H21N3O/c1-4-10-22(11-5-1)25-16-17-30-26(18-25)32-27(20-34-21-31(32)37-30)33-35-28(23-12-6-2-7-13-23)19-29(36-33)24-14-8-3-9-15-24/h1-21H. The van der Waals surface area contributed by atoms with E-state index in [9.17, 15) is 0 Å². The van der Waals surface area contributed by atoms with E-state index >= 15 is 0 Å². The van der Waals surface area contributed by atoms with Crippen LogP contribution in [0.4, 0.5) is 0 Å². The molecule has 0 bridgehead atoms. The Bertz CT molecular complexity index is 1800. The van der Waals surface area contributed by atoms with E-state index in [4.69, 9.17) is 14.4 Å². The minimum Gasteiger partial charge on any atom is -0.454 e. The van der Waals surface area contributed by atoms with Crippen molar-refractivity contribution in [3.8, 4) is 45.0 Å². The van der Waals surface area contributed by atoms with Gasteiger partial charge in [-0.05, 0) is 29.3 Å². The first-order valence-electron chi connectivity index (χ1n) is 12.2. The summed E-state index contributed by atoms with van der Waals surface area (Å²) in [5.41, 5.74) is 8.44. The van der Waals surface area contributed by atoms with Crippen LogP contribution in [0.1, 0.15) is 0 Å². The lowest BCUT2D eigenvalue weighted by atomic mass is 10.0. The first-order chi connectivity index (χ1) is 18.3. The topological polar surface area (TPSA) is 51.8 Å². The summed E-state index contributed by atoms with van der Waals surface area (Å²) in [5.74, 6) is 0.617. The Morgan fingerprint density at radius 1 is 0.486 bits per heavy atom. The monoisotopic (exact) mass is 475 g/mol. The molecule has 174 valence electrons. The van der Waals surface area contributed by atoms with E-state index < -0.39 is 0 Å². The molecule has 0 saturated heterocycles. The van der Waals surface area contributed by atoms with Crippen molar-refractivity contribution in [1.82, 2.24) is 15.0 Å². The number of fused-ring (bicyclic) bond motifs is 3. The van der Waals surface area contributed by atoms with Gasteiger partial charge < -0.3 is 4.42 Å². The SMILES string of the molecule is c1ccc(-c2ccc3oc4cncc(-c5nc(-c6ccccc6)cc(-c6ccccc6)n5)c4c3c2)cc1. The van der Waals surface area contributed by atoms with Crippen LogP contribution in [0.3, 0.4) is 0 Å². The molecule has 3 aromatic heterocycles. The smallest absolute Gasteiger partial charge is 0.162 e. The lowest BCUT2D eigenvalue weighted by molar-refractivity contribution is 0.667. The summed E-state index contributed by atoms with van der Waals surface area (Å²) < 4.78 is 6.22. The van der Waals surface area contributed by atoms with Crippen molar-refractivity contribution in [1.29, 1.82) is 0 Å². The Kier molecular flexibility index (Phi) is 5.07. The van der Waals surface area contributed by atoms with E-state index in [-0.39, 0.29) is 0 Å². The van der Waals surface area contributed by atoms with Crippen LogP contribution in [0.5, 0.6) is 0 Å². The van der Waals surface area contributed by atoms with Gasteiger partial charge in [0.25, 0.3) is 0 Å².